The molecule has 6 heteroatoms. The Bertz CT molecular complexity index is 720. The molecule has 1 unspecified atom stereocenters. The minimum absolute atomic E-state index is 0.0165. The Balaban J connectivity index is 2.13. The summed E-state index contributed by atoms with van der Waals surface area (Å²) in [6.45, 7) is 0.0165. The van der Waals surface area contributed by atoms with Gasteiger partial charge in [-0.3, -0.25) is 4.79 Å². The zero-order valence-corrected chi connectivity index (χ0v) is 13.8. The molecule has 0 saturated carbocycles. The third-order valence-corrected chi connectivity index (χ3v) is 3.69. The summed E-state index contributed by atoms with van der Waals surface area (Å²) in [5, 5.41) is 10.4. The van der Waals surface area contributed by atoms with Crippen molar-refractivity contribution in [3.8, 4) is 11.5 Å². The van der Waals surface area contributed by atoms with E-state index < -0.39 is 17.8 Å². The van der Waals surface area contributed by atoms with Crippen LogP contribution in [-0.4, -0.2) is 43.7 Å². The van der Waals surface area contributed by atoms with Crippen LogP contribution in [0.15, 0.2) is 42.5 Å². The quantitative estimate of drug-likeness (QED) is 0.883. The van der Waals surface area contributed by atoms with Crippen molar-refractivity contribution >= 4 is 5.91 Å². The summed E-state index contributed by atoms with van der Waals surface area (Å²) >= 11 is 0. The summed E-state index contributed by atoms with van der Waals surface area (Å²) in [6.07, 6.45) is -0.939. The summed E-state index contributed by atoms with van der Waals surface area (Å²) in [5.74, 6) is -0.0519. The van der Waals surface area contributed by atoms with Crippen molar-refractivity contribution < 1.29 is 23.8 Å². The standard InChI is InChI=1S/C18H20FNO4/c1-20(18(22)13-6-4-5-7-14(13)19)11-15(21)12-8-9-16(23-2)17(10-12)24-3/h4-10,15,21H,11H2,1-3H3. The van der Waals surface area contributed by atoms with Gasteiger partial charge >= 0.3 is 0 Å². The normalized spacial score (nSPS) is 11.7. The summed E-state index contributed by atoms with van der Waals surface area (Å²) in [7, 11) is 4.54. The van der Waals surface area contributed by atoms with Crippen molar-refractivity contribution in [2.75, 3.05) is 27.8 Å². The molecule has 0 fully saturated rings. The van der Waals surface area contributed by atoms with E-state index >= 15 is 0 Å². The number of benzene rings is 2. The van der Waals surface area contributed by atoms with Gasteiger partial charge in [-0.2, -0.15) is 0 Å². The number of rotatable bonds is 6. The number of likely N-dealkylation sites (N-methyl/N-ethyl adjacent to an activating group) is 1. The van der Waals surface area contributed by atoms with Gasteiger partial charge in [0.1, 0.15) is 5.82 Å². The second kappa shape index (κ2) is 7.79. The average molecular weight is 333 g/mol. The molecule has 0 saturated heterocycles. The van der Waals surface area contributed by atoms with Crippen LogP contribution in [0.3, 0.4) is 0 Å². The Morgan fingerprint density at radius 3 is 2.46 bits per heavy atom. The number of ether oxygens (including phenoxy) is 2. The molecule has 128 valence electrons. The Hall–Kier alpha value is -2.60. The van der Waals surface area contributed by atoms with Crippen LogP contribution in [0.5, 0.6) is 11.5 Å². The number of hydrogen-bond donors (Lipinski definition) is 1. The predicted molar refractivity (Wildman–Crippen MR) is 87.9 cm³/mol. The maximum atomic E-state index is 13.7. The van der Waals surface area contributed by atoms with Crippen LogP contribution in [0.1, 0.15) is 22.0 Å². The topological polar surface area (TPSA) is 59.0 Å². The van der Waals surface area contributed by atoms with Gasteiger partial charge in [0.2, 0.25) is 0 Å². The number of aliphatic hydroxyl groups excluding tert-OH is 1. The number of carbonyl (C=O) groups excluding carboxylic acids is 1. The van der Waals surface area contributed by atoms with Gasteiger partial charge in [-0.1, -0.05) is 18.2 Å². The van der Waals surface area contributed by atoms with Gasteiger partial charge < -0.3 is 19.5 Å². The Kier molecular flexibility index (Phi) is 5.76. The highest BCUT2D eigenvalue weighted by Gasteiger charge is 2.20. The van der Waals surface area contributed by atoms with E-state index in [1.807, 2.05) is 0 Å². The number of amides is 1. The second-order valence-electron chi connectivity index (χ2n) is 5.30. The minimum atomic E-state index is -0.939. The molecule has 0 heterocycles. The lowest BCUT2D eigenvalue weighted by molar-refractivity contribution is 0.0676. The van der Waals surface area contributed by atoms with Gasteiger partial charge in [-0.25, -0.2) is 4.39 Å². The molecule has 0 aliphatic carbocycles. The second-order valence-corrected chi connectivity index (χ2v) is 5.30. The van der Waals surface area contributed by atoms with Crippen LogP contribution in [-0.2, 0) is 0 Å². The van der Waals surface area contributed by atoms with Crippen molar-refractivity contribution in [3.63, 3.8) is 0 Å². The predicted octanol–water partition coefficient (Wildman–Crippen LogP) is 2.65. The fourth-order valence-electron chi connectivity index (χ4n) is 2.35. The zero-order valence-electron chi connectivity index (χ0n) is 13.8. The number of methoxy groups -OCH3 is 2. The molecule has 1 amide bonds. The van der Waals surface area contributed by atoms with Gasteiger partial charge in [-0.15, -0.1) is 0 Å². The molecular formula is C18H20FNO4. The molecule has 5 nitrogen and oxygen atoms in total. The maximum Gasteiger partial charge on any atom is 0.256 e. The molecule has 0 bridgehead atoms. The molecule has 0 radical (unpaired) electrons. The van der Waals surface area contributed by atoms with Gasteiger partial charge in [0.15, 0.2) is 11.5 Å². The van der Waals surface area contributed by atoms with Crippen molar-refractivity contribution in [1.29, 1.82) is 0 Å². The smallest absolute Gasteiger partial charge is 0.256 e. The van der Waals surface area contributed by atoms with Crippen LogP contribution in [0.2, 0.25) is 0 Å². The summed E-state index contributed by atoms with van der Waals surface area (Å²) in [4.78, 5) is 13.6. The molecule has 1 atom stereocenters. The Morgan fingerprint density at radius 1 is 1.17 bits per heavy atom. The molecule has 2 aromatic rings. The monoisotopic (exact) mass is 333 g/mol. The fourth-order valence-corrected chi connectivity index (χ4v) is 2.35. The largest absolute Gasteiger partial charge is 0.493 e. The molecule has 0 aliphatic rings. The lowest BCUT2D eigenvalue weighted by Crippen LogP contribution is -2.31. The van der Waals surface area contributed by atoms with Gasteiger partial charge in [0, 0.05) is 7.05 Å². The first-order valence-corrected chi connectivity index (χ1v) is 7.38. The van der Waals surface area contributed by atoms with Gasteiger partial charge in [0.25, 0.3) is 5.91 Å². The SMILES string of the molecule is COc1ccc(C(O)CN(C)C(=O)c2ccccc2F)cc1OC. The summed E-state index contributed by atoms with van der Waals surface area (Å²) in [5.41, 5.74) is 0.542. The Morgan fingerprint density at radius 2 is 1.83 bits per heavy atom. The number of nitrogens with zero attached hydrogens (tertiary/aromatic N) is 1. The minimum Gasteiger partial charge on any atom is -0.493 e. The molecule has 24 heavy (non-hydrogen) atoms. The van der Waals surface area contributed by atoms with E-state index in [0.29, 0.717) is 17.1 Å². The highest BCUT2D eigenvalue weighted by molar-refractivity contribution is 5.94. The first-order valence-electron chi connectivity index (χ1n) is 7.38. The molecule has 2 aromatic carbocycles. The number of aliphatic hydroxyl groups is 1. The first kappa shape index (κ1) is 17.7. The van der Waals surface area contributed by atoms with Gasteiger partial charge in [0.05, 0.1) is 32.4 Å². The van der Waals surface area contributed by atoms with Crippen LogP contribution >= 0.6 is 0 Å². The number of hydrogen-bond acceptors (Lipinski definition) is 4. The lowest BCUT2D eigenvalue weighted by atomic mass is 10.1. The molecule has 1 N–H and O–H groups in total. The molecule has 0 aliphatic heterocycles. The third-order valence-electron chi connectivity index (χ3n) is 3.69. The van der Waals surface area contributed by atoms with E-state index in [1.54, 1.807) is 24.3 Å². The summed E-state index contributed by atoms with van der Waals surface area (Å²) in [6, 6.07) is 10.8. The average Bonchev–Trinajstić information content (AvgIpc) is 2.60. The third kappa shape index (κ3) is 3.83. The lowest BCUT2D eigenvalue weighted by Gasteiger charge is -2.22. The number of carbonyl (C=O) groups is 1. The van der Waals surface area contributed by atoms with Crippen LogP contribution < -0.4 is 9.47 Å². The summed E-state index contributed by atoms with van der Waals surface area (Å²) < 4.78 is 24.0. The van der Waals surface area contributed by atoms with Crippen molar-refractivity contribution in [3.05, 3.63) is 59.4 Å². The highest BCUT2D eigenvalue weighted by atomic mass is 19.1. The zero-order chi connectivity index (χ0) is 17.7. The van der Waals surface area contributed by atoms with Gasteiger partial charge in [-0.05, 0) is 29.8 Å². The Labute approximate surface area is 140 Å². The van der Waals surface area contributed by atoms with Crippen molar-refractivity contribution in [1.82, 2.24) is 4.90 Å². The van der Waals surface area contributed by atoms with E-state index in [2.05, 4.69) is 0 Å². The fraction of sp³-hybridized carbons (Fsp3) is 0.278. The van der Waals surface area contributed by atoms with E-state index in [4.69, 9.17) is 9.47 Å². The van der Waals surface area contributed by atoms with E-state index in [-0.39, 0.29) is 12.1 Å². The van der Waals surface area contributed by atoms with Crippen LogP contribution in [0.4, 0.5) is 4.39 Å². The molecular weight excluding hydrogens is 313 g/mol. The van der Waals surface area contributed by atoms with Crippen LogP contribution in [0, 0.1) is 5.82 Å². The van der Waals surface area contributed by atoms with E-state index in [9.17, 15) is 14.3 Å². The molecule has 2 rings (SSSR count). The van der Waals surface area contributed by atoms with E-state index in [0.717, 1.165) is 0 Å². The molecule has 0 spiro atoms. The van der Waals surface area contributed by atoms with Crippen LogP contribution in [0.25, 0.3) is 0 Å². The molecule has 0 aromatic heterocycles. The number of halogens is 1. The highest BCUT2D eigenvalue weighted by Crippen LogP contribution is 2.30. The van der Waals surface area contributed by atoms with Crippen molar-refractivity contribution in [2.24, 2.45) is 0 Å². The first-order chi connectivity index (χ1) is 11.5. The van der Waals surface area contributed by atoms with E-state index in [1.165, 1.54) is 44.4 Å². The maximum absolute atomic E-state index is 13.7. The van der Waals surface area contributed by atoms with Crippen molar-refractivity contribution in [2.45, 2.75) is 6.10 Å².